The maximum atomic E-state index is 9.45. The van der Waals surface area contributed by atoms with Crippen LogP contribution < -0.4 is 4.74 Å². The first kappa shape index (κ1) is 11.9. The highest BCUT2D eigenvalue weighted by Crippen LogP contribution is 2.24. The Bertz CT molecular complexity index is 612. The number of hydrogen-bond donors (Lipinski definition) is 1. The van der Waals surface area contributed by atoms with Gasteiger partial charge in [0.2, 0.25) is 0 Å². The van der Waals surface area contributed by atoms with Crippen LogP contribution in [0, 0.1) is 25.2 Å². The van der Waals surface area contributed by atoms with Crippen molar-refractivity contribution >= 4 is 0 Å². The van der Waals surface area contributed by atoms with Gasteiger partial charge in [0.15, 0.2) is 0 Å². The molecule has 0 amide bonds. The van der Waals surface area contributed by atoms with E-state index in [1.165, 1.54) is 6.07 Å². The quantitative estimate of drug-likeness (QED) is 0.873. The molecular formula is C13H11N3O2. The summed E-state index contributed by atoms with van der Waals surface area (Å²) in [7, 11) is 0. The fourth-order valence-electron chi connectivity index (χ4n) is 1.54. The van der Waals surface area contributed by atoms with Gasteiger partial charge < -0.3 is 9.84 Å². The lowest BCUT2D eigenvalue weighted by Crippen LogP contribution is -1.96. The number of phenolic OH excluding ortho intramolecular Hbond substituents is 1. The second kappa shape index (κ2) is 4.72. The monoisotopic (exact) mass is 241 g/mol. The average molecular weight is 241 g/mol. The van der Waals surface area contributed by atoms with Crippen molar-refractivity contribution in [3.05, 3.63) is 41.2 Å². The van der Waals surface area contributed by atoms with Crippen LogP contribution >= 0.6 is 0 Å². The first-order valence-electron chi connectivity index (χ1n) is 5.31. The molecule has 2 aromatic rings. The molecule has 0 fully saturated rings. The smallest absolute Gasteiger partial charge is 0.323 e. The third-order valence-corrected chi connectivity index (χ3v) is 2.19. The number of aryl methyl sites for hydroxylation is 2. The molecule has 90 valence electrons. The van der Waals surface area contributed by atoms with Crippen LogP contribution in [0.25, 0.3) is 0 Å². The molecule has 1 heterocycles. The van der Waals surface area contributed by atoms with Crippen LogP contribution in [0.1, 0.15) is 17.0 Å². The fraction of sp³-hybridized carbons (Fsp3) is 0.154. The van der Waals surface area contributed by atoms with Crippen molar-refractivity contribution in [1.29, 1.82) is 5.26 Å². The molecule has 0 saturated heterocycles. The van der Waals surface area contributed by atoms with E-state index < -0.39 is 0 Å². The number of nitriles is 1. The molecule has 5 nitrogen and oxygen atoms in total. The molecule has 0 atom stereocenters. The van der Waals surface area contributed by atoms with Gasteiger partial charge in [-0.05, 0) is 37.6 Å². The fourth-order valence-corrected chi connectivity index (χ4v) is 1.54. The molecule has 0 bridgehead atoms. The van der Waals surface area contributed by atoms with E-state index >= 15 is 0 Å². The van der Waals surface area contributed by atoms with Crippen LogP contribution in [0.2, 0.25) is 0 Å². The predicted octanol–water partition coefficient (Wildman–Crippen LogP) is 2.46. The van der Waals surface area contributed by atoms with E-state index in [4.69, 9.17) is 10.00 Å². The molecule has 18 heavy (non-hydrogen) atoms. The molecule has 0 aliphatic rings. The van der Waals surface area contributed by atoms with Crippen LogP contribution in [-0.4, -0.2) is 15.1 Å². The maximum Gasteiger partial charge on any atom is 0.323 e. The third-order valence-electron chi connectivity index (χ3n) is 2.19. The van der Waals surface area contributed by atoms with Crippen LogP contribution in [0.3, 0.4) is 0 Å². The Hall–Kier alpha value is -2.61. The Balaban J connectivity index is 2.34. The standard InChI is InChI=1S/C13H11N3O2/c1-8-3-11(17)6-12(4-8)18-13-15-9(2)5-10(7-14)16-13/h3-6,17H,1-2H3. The van der Waals surface area contributed by atoms with Crippen molar-refractivity contribution in [3.8, 4) is 23.6 Å². The lowest BCUT2D eigenvalue weighted by atomic mass is 10.2. The van der Waals surface area contributed by atoms with Gasteiger partial charge in [0.25, 0.3) is 0 Å². The Morgan fingerprint density at radius 2 is 1.94 bits per heavy atom. The number of aromatic hydroxyl groups is 1. The molecule has 0 aliphatic carbocycles. The number of phenols is 1. The summed E-state index contributed by atoms with van der Waals surface area (Å²) in [6.45, 7) is 3.59. The lowest BCUT2D eigenvalue weighted by molar-refractivity contribution is 0.429. The highest BCUT2D eigenvalue weighted by molar-refractivity contribution is 5.38. The summed E-state index contributed by atoms with van der Waals surface area (Å²) in [5, 5.41) is 18.3. The molecule has 1 aromatic heterocycles. The van der Waals surface area contributed by atoms with E-state index in [1.54, 1.807) is 25.1 Å². The molecule has 0 spiro atoms. The van der Waals surface area contributed by atoms with Gasteiger partial charge in [0, 0.05) is 11.8 Å². The van der Waals surface area contributed by atoms with Crippen LogP contribution in [0.5, 0.6) is 17.5 Å². The molecule has 2 rings (SSSR count). The number of aromatic nitrogens is 2. The second-order valence-electron chi connectivity index (χ2n) is 3.90. The molecule has 0 radical (unpaired) electrons. The summed E-state index contributed by atoms with van der Waals surface area (Å²) in [6, 6.07) is 8.43. The van der Waals surface area contributed by atoms with E-state index in [-0.39, 0.29) is 17.5 Å². The van der Waals surface area contributed by atoms with Crippen molar-refractivity contribution in [2.75, 3.05) is 0 Å². The Morgan fingerprint density at radius 3 is 2.61 bits per heavy atom. The molecular weight excluding hydrogens is 230 g/mol. The van der Waals surface area contributed by atoms with Gasteiger partial charge in [0.1, 0.15) is 23.3 Å². The Labute approximate surface area is 104 Å². The molecule has 5 heteroatoms. The second-order valence-corrected chi connectivity index (χ2v) is 3.90. The number of benzene rings is 1. The van der Waals surface area contributed by atoms with Gasteiger partial charge in [-0.2, -0.15) is 10.2 Å². The average Bonchev–Trinajstić information content (AvgIpc) is 2.26. The normalized spacial score (nSPS) is 9.83. The minimum Gasteiger partial charge on any atom is -0.508 e. The Kier molecular flexibility index (Phi) is 3.11. The largest absolute Gasteiger partial charge is 0.508 e. The number of hydrogen-bond acceptors (Lipinski definition) is 5. The van der Waals surface area contributed by atoms with Gasteiger partial charge in [-0.25, -0.2) is 4.98 Å². The minimum atomic E-state index is 0.0940. The Morgan fingerprint density at radius 1 is 1.17 bits per heavy atom. The van der Waals surface area contributed by atoms with Gasteiger partial charge >= 0.3 is 6.01 Å². The predicted molar refractivity (Wildman–Crippen MR) is 64.4 cm³/mol. The van der Waals surface area contributed by atoms with E-state index in [0.717, 1.165) is 5.56 Å². The van der Waals surface area contributed by atoms with E-state index in [1.807, 2.05) is 13.0 Å². The van der Waals surface area contributed by atoms with E-state index in [9.17, 15) is 5.11 Å². The summed E-state index contributed by atoms with van der Waals surface area (Å²) in [6.07, 6.45) is 0. The van der Waals surface area contributed by atoms with Crippen molar-refractivity contribution < 1.29 is 9.84 Å². The van der Waals surface area contributed by atoms with Gasteiger partial charge in [-0.15, -0.1) is 0 Å². The summed E-state index contributed by atoms with van der Waals surface area (Å²) in [4.78, 5) is 8.00. The number of rotatable bonds is 2. The topological polar surface area (TPSA) is 79.0 Å². The first-order valence-corrected chi connectivity index (χ1v) is 5.31. The molecule has 0 aliphatic heterocycles. The number of ether oxygens (including phenoxy) is 1. The summed E-state index contributed by atoms with van der Waals surface area (Å²) < 4.78 is 5.43. The van der Waals surface area contributed by atoms with Crippen molar-refractivity contribution in [2.45, 2.75) is 13.8 Å². The van der Waals surface area contributed by atoms with E-state index in [0.29, 0.717) is 11.4 Å². The lowest BCUT2D eigenvalue weighted by Gasteiger charge is -2.06. The van der Waals surface area contributed by atoms with Crippen molar-refractivity contribution in [2.24, 2.45) is 0 Å². The van der Waals surface area contributed by atoms with Gasteiger partial charge in [-0.3, -0.25) is 0 Å². The summed E-state index contributed by atoms with van der Waals surface area (Å²) in [5.41, 5.74) is 1.75. The SMILES string of the molecule is Cc1cc(O)cc(Oc2nc(C)cc(C#N)n2)c1. The maximum absolute atomic E-state index is 9.45. The number of nitrogens with zero attached hydrogens (tertiary/aromatic N) is 3. The highest BCUT2D eigenvalue weighted by atomic mass is 16.5. The van der Waals surface area contributed by atoms with Crippen LogP contribution in [-0.2, 0) is 0 Å². The zero-order chi connectivity index (χ0) is 13.1. The van der Waals surface area contributed by atoms with Crippen LogP contribution in [0.4, 0.5) is 0 Å². The van der Waals surface area contributed by atoms with Crippen LogP contribution in [0.15, 0.2) is 24.3 Å². The van der Waals surface area contributed by atoms with Crippen molar-refractivity contribution in [3.63, 3.8) is 0 Å². The zero-order valence-corrected chi connectivity index (χ0v) is 10.0. The summed E-state index contributed by atoms with van der Waals surface area (Å²) in [5.74, 6) is 0.542. The first-order chi connectivity index (χ1) is 8.56. The van der Waals surface area contributed by atoms with Crippen molar-refractivity contribution in [1.82, 2.24) is 9.97 Å². The molecule has 0 unspecified atom stereocenters. The molecule has 1 N–H and O–H groups in total. The molecule has 0 saturated carbocycles. The summed E-state index contributed by atoms with van der Waals surface area (Å²) >= 11 is 0. The highest BCUT2D eigenvalue weighted by Gasteiger charge is 2.05. The third kappa shape index (κ3) is 2.74. The van der Waals surface area contributed by atoms with E-state index in [2.05, 4.69) is 9.97 Å². The zero-order valence-electron chi connectivity index (χ0n) is 10.0. The molecule has 1 aromatic carbocycles. The van der Waals surface area contributed by atoms with Gasteiger partial charge in [0.05, 0.1) is 0 Å². The van der Waals surface area contributed by atoms with Gasteiger partial charge in [-0.1, -0.05) is 0 Å². The minimum absolute atomic E-state index is 0.0940.